The van der Waals surface area contributed by atoms with Gasteiger partial charge in [0.25, 0.3) is 0 Å². The molecule has 2 rings (SSSR count). The lowest BCUT2D eigenvalue weighted by atomic mass is 10.1. The van der Waals surface area contributed by atoms with Crippen LogP contribution in [-0.2, 0) is 6.42 Å². The van der Waals surface area contributed by atoms with Crippen LogP contribution >= 0.6 is 0 Å². The molecule has 0 fully saturated rings. The van der Waals surface area contributed by atoms with E-state index in [0.717, 1.165) is 17.7 Å². The van der Waals surface area contributed by atoms with Crippen molar-refractivity contribution in [2.75, 3.05) is 5.73 Å². The van der Waals surface area contributed by atoms with Crippen LogP contribution in [0.4, 0.5) is 5.95 Å². The van der Waals surface area contributed by atoms with Crippen LogP contribution in [-0.4, -0.2) is 15.9 Å². The first-order valence-corrected chi connectivity index (χ1v) is 5.64. The molecule has 0 spiro atoms. The average molecular weight is 228 g/mol. The number of benzene rings is 1. The second kappa shape index (κ2) is 4.82. The fourth-order valence-electron chi connectivity index (χ4n) is 1.70. The third-order valence-corrected chi connectivity index (χ3v) is 2.59. The number of imidazole rings is 1. The maximum absolute atomic E-state index is 5.71. The van der Waals surface area contributed by atoms with Crippen molar-refractivity contribution in [1.82, 2.24) is 9.66 Å². The van der Waals surface area contributed by atoms with Gasteiger partial charge in [0.2, 0.25) is 5.95 Å². The molecule has 0 bridgehead atoms. The van der Waals surface area contributed by atoms with Gasteiger partial charge in [0, 0.05) is 0 Å². The molecule has 2 aromatic rings. The van der Waals surface area contributed by atoms with Gasteiger partial charge < -0.3 is 5.73 Å². The molecule has 2 N–H and O–H groups in total. The number of nitrogens with zero attached hydrogens (tertiary/aromatic N) is 3. The van der Waals surface area contributed by atoms with E-state index in [1.54, 1.807) is 10.9 Å². The minimum Gasteiger partial charge on any atom is -0.368 e. The van der Waals surface area contributed by atoms with Gasteiger partial charge in [-0.1, -0.05) is 31.2 Å². The molecule has 4 heteroatoms. The van der Waals surface area contributed by atoms with Gasteiger partial charge in [-0.15, -0.1) is 0 Å². The maximum Gasteiger partial charge on any atom is 0.221 e. The van der Waals surface area contributed by atoms with Gasteiger partial charge in [-0.25, -0.2) is 9.66 Å². The van der Waals surface area contributed by atoms with Crippen LogP contribution < -0.4 is 5.73 Å². The third-order valence-electron chi connectivity index (χ3n) is 2.59. The Kier molecular flexibility index (Phi) is 3.23. The quantitative estimate of drug-likeness (QED) is 0.819. The maximum atomic E-state index is 5.71. The summed E-state index contributed by atoms with van der Waals surface area (Å²) in [7, 11) is 0. The van der Waals surface area contributed by atoms with Crippen LogP contribution in [0.1, 0.15) is 23.7 Å². The number of aromatic nitrogens is 2. The number of anilines is 1. The molecule has 0 amide bonds. The van der Waals surface area contributed by atoms with Gasteiger partial charge in [0.05, 0.1) is 18.1 Å². The summed E-state index contributed by atoms with van der Waals surface area (Å²) < 4.78 is 1.59. The number of aryl methyl sites for hydroxylation is 2. The average Bonchev–Trinajstić information content (AvgIpc) is 2.65. The van der Waals surface area contributed by atoms with Crippen molar-refractivity contribution in [3.8, 4) is 0 Å². The summed E-state index contributed by atoms with van der Waals surface area (Å²) in [5, 5.41) is 4.31. The van der Waals surface area contributed by atoms with Crippen LogP contribution in [0, 0.1) is 6.92 Å². The largest absolute Gasteiger partial charge is 0.368 e. The second-order valence-electron chi connectivity index (χ2n) is 3.88. The van der Waals surface area contributed by atoms with E-state index in [4.69, 9.17) is 5.73 Å². The van der Waals surface area contributed by atoms with Crippen LogP contribution in [0.3, 0.4) is 0 Å². The van der Waals surface area contributed by atoms with Gasteiger partial charge in [-0.2, -0.15) is 5.10 Å². The second-order valence-corrected chi connectivity index (χ2v) is 3.88. The Hall–Kier alpha value is -2.10. The van der Waals surface area contributed by atoms with E-state index in [2.05, 4.69) is 23.1 Å². The zero-order valence-corrected chi connectivity index (χ0v) is 10.1. The van der Waals surface area contributed by atoms with Gasteiger partial charge in [-0.05, 0) is 24.5 Å². The summed E-state index contributed by atoms with van der Waals surface area (Å²) >= 11 is 0. The molecule has 0 saturated carbocycles. The number of hydrogen-bond acceptors (Lipinski definition) is 3. The van der Waals surface area contributed by atoms with Crippen LogP contribution in [0.2, 0.25) is 0 Å². The van der Waals surface area contributed by atoms with Crippen molar-refractivity contribution in [3.63, 3.8) is 0 Å². The van der Waals surface area contributed by atoms with E-state index in [9.17, 15) is 0 Å². The molecule has 0 radical (unpaired) electrons. The van der Waals surface area contributed by atoms with Crippen LogP contribution in [0.15, 0.2) is 35.6 Å². The standard InChI is InChI=1S/C13H16N4/c1-3-11-6-4-5-7-12(11)8-15-17-9-10(2)16-13(17)14/h4-9H,3H2,1-2H3,(H2,14,16). The fraction of sp³-hybridized carbons (Fsp3) is 0.231. The first kappa shape index (κ1) is 11.4. The van der Waals surface area contributed by atoms with E-state index < -0.39 is 0 Å². The molecule has 4 nitrogen and oxygen atoms in total. The molecule has 0 aliphatic heterocycles. The monoisotopic (exact) mass is 228 g/mol. The van der Waals surface area contributed by atoms with E-state index in [1.807, 2.05) is 31.3 Å². The van der Waals surface area contributed by atoms with E-state index in [0.29, 0.717) is 5.95 Å². The molecule has 88 valence electrons. The third kappa shape index (κ3) is 2.53. The smallest absolute Gasteiger partial charge is 0.221 e. The summed E-state index contributed by atoms with van der Waals surface area (Å²) in [6.45, 7) is 4.02. The molecule has 1 heterocycles. The molecule has 0 unspecified atom stereocenters. The van der Waals surface area contributed by atoms with Gasteiger partial charge in [0.1, 0.15) is 0 Å². The summed E-state index contributed by atoms with van der Waals surface area (Å²) in [6.07, 6.45) is 4.61. The van der Waals surface area contributed by atoms with Crippen molar-refractivity contribution in [3.05, 3.63) is 47.3 Å². The Balaban J connectivity index is 2.29. The molecule has 0 aliphatic rings. The van der Waals surface area contributed by atoms with Gasteiger partial charge >= 0.3 is 0 Å². The first-order chi connectivity index (χ1) is 8.20. The minimum absolute atomic E-state index is 0.410. The van der Waals surface area contributed by atoms with Crippen LogP contribution in [0.5, 0.6) is 0 Å². The lowest BCUT2D eigenvalue weighted by Crippen LogP contribution is -1.98. The van der Waals surface area contributed by atoms with Crippen molar-refractivity contribution in [2.45, 2.75) is 20.3 Å². The Morgan fingerprint density at radius 2 is 2.18 bits per heavy atom. The molecule has 1 aromatic heterocycles. The molecular formula is C13H16N4. The minimum atomic E-state index is 0.410. The first-order valence-electron chi connectivity index (χ1n) is 5.64. The normalized spacial score (nSPS) is 11.2. The van der Waals surface area contributed by atoms with Crippen molar-refractivity contribution in [1.29, 1.82) is 0 Å². The number of nitrogen functional groups attached to an aromatic ring is 1. The number of hydrogen-bond donors (Lipinski definition) is 1. The molecule has 1 aromatic carbocycles. The highest BCUT2D eigenvalue weighted by atomic mass is 15.4. The van der Waals surface area contributed by atoms with Crippen molar-refractivity contribution < 1.29 is 0 Å². The Morgan fingerprint density at radius 1 is 1.41 bits per heavy atom. The lowest BCUT2D eigenvalue weighted by Gasteiger charge is -2.01. The highest BCUT2D eigenvalue weighted by Crippen LogP contribution is 2.08. The van der Waals surface area contributed by atoms with E-state index in [1.165, 1.54) is 5.56 Å². The van der Waals surface area contributed by atoms with Crippen molar-refractivity contribution in [2.24, 2.45) is 5.10 Å². The fourth-order valence-corrected chi connectivity index (χ4v) is 1.70. The molecule has 17 heavy (non-hydrogen) atoms. The predicted octanol–water partition coefficient (Wildman–Crippen LogP) is 2.22. The molecule has 0 saturated heterocycles. The SMILES string of the molecule is CCc1ccccc1C=Nn1cc(C)nc1N. The predicted molar refractivity (Wildman–Crippen MR) is 70.2 cm³/mol. The molecular weight excluding hydrogens is 212 g/mol. The van der Waals surface area contributed by atoms with Crippen LogP contribution in [0.25, 0.3) is 0 Å². The zero-order chi connectivity index (χ0) is 12.3. The Bertz CT molecular complexity index is 540. The molecule has 0 atom stereocenters. The highest BCUT2D eigenvalue weighted by molar-refractivity contribution is 5.81. The molecule has 0 aliphatic carbocycles. The van der Waals surface area contributed by atoms with E-state index >= 15 is 0 Å². The van der Waals surface area contributed by atoms with E-state index in [-0.39, 0.29) is 0 Å². The summed E-state index contributed by atoms with van der Waals surface area (Å²) in [6, 6.07) is 8.18. The summed E-state index contributed by atoms with van der Waals surface area (Å²) in [4.78, 5) is 4.09. The van der Waals surface area contributed by atoms with Crippen molar-refractivity contribution >= 4 is 12.2 Å². The Labute approximate surface area is 101 Å². The number of nitrogens with two attached hydrogens (primary N) is 1. The van der Waals surface area contributed by atoms with Gasteiger partial charge in [0.15, 0.2) is 0 Å². The summed E-state index contributed by atoms with van der Waals surface area (Å²) in [5.74, 6) is 0.410. The highest BCUT2D eigenvalue weighted by Gasteiger charge is 1.99. The zero-order valence-electron chi connectivity index (χ0n) is 10.1. The Morgan fingerprint density at radius 3 is 2.82 bits per heavy atom. The summed E-state index contributed by atoms with van der Waals surface area (Å²) in [5.41, 5.74) is 8.96. The number of rotatable bonds is 3. The lowest BCUT2D eigenvalue weighted by molar-refractivity contribution is 0.896. The topological polar surface area (TPSA) is 56.2 Å². The van der Waals surface area contributed by atoms with Gasteiger partial charge in [-0.3, -0.25) is 0 Å².